The molecule has 88 valence electrons. The van der Waals surface area contributed by atoms with E-state index < -0.39 is 0 Å². The third-order valence-corrected chi connectivity index (χ3v) is 3.44. The standard InChI is InChI=1S/C13H14ClN3/c14-13-16-11-8-4-3-7-10(11)12(17-13)15-9-5-1-2-6-9/h3-4,7-9H,1-2,5-6H2,(H,15,16,17). The van der Waals surface area contributed by atoms with E-state index in [1.165, 1.54) is 25.7 Å². The van der Waals surface area contributed by atoms with Gasteiger partial charge in [-0.05, 0) is 36.6 Å². The molecule has 0 atom stereocenters. The number of rotatable bonds is 2. The first kappa shape index (κ1) is 10.8. The molecular weight excluding hydrogens is 234 g/mol. The number of benzene rings is 1. The molecule has 0 amide bonds. The molecule has 1 fully saturated rings. The number of fused-ring (bicyclic) bond motifs is 1. The summed E-state index contributed by atoms with van der Waals surface area (Å²) in [6.07, 6.45) is 5.04. The predicted molar refractivity (Wildman–Crippen MR) is 70.4 cm³/mol. The molecule has 4 heteroatoms. The Balaban J connectivity index is 2.01. The third-order valence-electron chi connectivity index (χ3n) is 3.27. The van der Waals surface area contributed by atoms with Gasteiger partial charge in [0.15, 0.2) is 0 Å². The van der Waals surface area contributed by atoms with E-state index in [4.69, 9.17) is 11.6 Å². The Hall–Kier alpha value is -1.35. The molecule has 0 unspecified atom stereocenters. The minimum Gasteiger partial charge on any atom is -0.367 e. The minimum absolute atomic E-state index is 0.309. The van der Waals surface area contributed by atoms with Crippen molar-refractivity contribution < 1.29 is 0 Å². The van der Waals surface area contributed by atoms with Crippen LogP contribution in [0.15, 0.2) is 24.3 Å². The van der Waals surface area contributed by atoms with Gasteiger partial charge in [0, 0.05) is 11.4 Å². The zero-order valence-corrected chi connectivity index (χ0v) is 10.2. The van der Waals surface area contributed by atoms with Gasteiger partial charge in [0.05, 0.1) is 5.52 Å². The zero-order valence-electron chi connectivity index (χ0n) is 9.49. The molecule has 17 heavy (non-hydrogen) atoms. The van der Waals surface area contributed by atoms with E-state index in [2.05, 4.69) is 15.3 Å². The van der Waals surface area contributed by atoms with E-state index in [1.807, 2.05) is 24.3 Å². The molecule has 0 saturated heterocycles. The molecule has 1 aliphatic carbocycles. The summed E-state index contributed by atoms with van der Waals surface area (Å²) in [4.78, 5) is 8.53. The van der Waals surface area contributed by atoms with Crippen molar-refractivity contribution in [3.05, 3.63) is 29.5 Å². The fourth-order valence-corrected chi connectivity index (χ4v) is 2.60. The van der Waals surface area contributed by atoms with Crippen LogP contribution >= 0.6 is 11.6 Å². The van der Waals surface area contributed by atoms with Gasteiger partial charge in [-0.1, -0.05) is 25.0 Å². The second-order valence-electron chi connectivity index (χ2n) is 4.48. The van der Waals surface area contributed by atoms with E-state index in [9.17, 15) is 0 Å². The number of nitrogens with one attached hydrogen (secondary N) is 1. The number of anilines is 1. The molecule has 1 aromatic heterocycles. The van der Waals surface area contributed by atoms with Crippen LogP contribution in [0.3, 0.4) is 0 Å². The van der Waals surface area contributed by atoms with Crippen LogP contribution in [0.25, 0.3) is 10.9 Å². The van der Waals surface area contributed by atoms with Gasteiger partial charge in [0.2, 0.25) is 5.28 Å². The number of hydrogen-bond donors (Lipinski definition) is 1. The summed E-state index contributed by atoms with van der Waals surface area (Å²) in [7, 11) is 0. The lowest BCUT2D eigenvalue weighted by Crippen LogP contribution is -2.16. The molecule has 1 aromatic carbocycles. The molecule has 0 aliphatic heterocycles. The highest BCUT2D eigenvalue weighted by Gasteiger charge is 2.16. The topological polar surface area (TPSA) is 37.8 Å². The van der Waals surface area contributed by atoms with Crippen LogP contribution in [0.5, 0.6) is 0 Å². The molecule has 2 aromatic rings. The number of hydrogen-bond acceptors (Lipinski definition) is 3. The largest absolute Gasteiger partial charge is 0.367 e. The lowest BCUT2D eigenvalue weighted by atomic mass is 10.2. The smallest absolute Gasteiger partial charge is 0.224 e. The van der Waals surface area contributed by atoms with Crippen molar-refractivity contribution >= 4 is 28.3 Å². The fourth-order valence-electron chi connectivity index (χ4n) is 2.42. The van der Waals surface area contributed by atoms with Gasteiger partial charge in [-0.15, -0.1) is 0 Å². The summed E-state index contributed by atoms with van der Waals surface area (Å²) in [6, 6.07) is 8.49. The maximum atomic E-state index is 5.95. The Labute approximate surface area is 105 Å². The highest BCUT2D eigenvalue weighted by molar-refractivity contribution is 6.28. The lowest BCUT2D eigenvalue weighted by Gasteiger charge is -2.14. The van der Waals surface area contributed by atoms with Crippen LogP contribution in [0.4, 0.5) is 5.82 Å². The quantitative estimate of drug-likeness (QED) is 0.824. The van der Waals surface area contributed by atoms with Gasteiger partial charge in [-0.25, -0.2) is 9.97 Å². The second-order valence-corrected chi connectivity index (χ2v) is 4.82. The summed E-state index contributed by atoms with van der Waals surface area (Å²) >= 11 is 5.95. The monoisotopic (exact) mass is 247 g/mol. The number of aromatic nitrogens is 2. The van der Waals surface area contributed by atoms with E-state index in [0.29, 0.717) is 11.3 Å². The van der Waals surface area contributed by atoms with E-state index >= 15 is 0 Å². The van der Waals surface area contributed by atoms with Crippen molar-refractivity contribution in [1.29, 1.82) is 0 Å². The maximum Gasteiger partial charge on any atom is 0.224 e. The van der Waals surface area contributed by atoms with Gasteiger partial charge < -0.3 is 5.32 Å². The third kappa shape index (κ3) is 2.20. The van der Waals surface area contributed by atoms with Gasteiger partial charge in [0.25, 0.3) is 0 Å². The summed E-state index contributed by atoms with van der Waals surface area (Å²) in [6.45, 7) is 0. The molecule has 1 aliphatic rings. The maximum absolute atomic E-state index is 5.95. The molecule has 1 saturated carbocycles. The van der Waals surface area contributed by atoms with Crippen LogP contribution in [0.1, 0.15) is 25.7 Å². The Morgan fingerprint density at radius 1 is 1.12 bits per heavy atom. The van der Waals surface area contributed by atoms with Crippen molar-refractivity contribution in [3.8, 4) is 0 Å². The van der Waals surface area contributed by atoms with Crippen LogP contribution in [-0.4, -0.2) is 16.0 Å². The Kier molecular flexibility index (Phi) is 2.85. The average molecular weight is 248 g/mol. The number of nitrogens with zero attached hydrogens (tertiary/aromatic N) is 2. The molecule has 1 heterocycles. The molecule has 1 N–H and O–H groups in total. The fraction of sp³-hybridized carbons (Fsp3) is 0.385. The highest BCUT2D eigenvalue weighted by atomic mass is 35.5. The van der Waals surface area contributed by atoms with E-state index in [-0.39, 0.29) is 0 Å². The average Bonchev–Trinajstić information content (AvgIpc) is 2.81. The predicted octanol–water partition coefficient (Wildman–Crippen LogP) is 3.64. The van der Waals surface area contributed by atoms with Crippen LogP contribution in [0.2, 0.25) is 5.28 Å². The summed E-state index contributed by atoms with van der Waals surface area (Å²) in [5.41, 5.74) is 0.896. The molecule has 0 spiro atoms. The summed E-state index contributed by atoms with van der Waals surface area (Å²) < 4.78 is 0. The summed E-state index contributed by atoms with van der Waals surface area (Å²) in [5, 5.41) is 4.84. The van der Waals surface area contributed by atoms with E-state index in [1.54, 1.807) is 0 Å². The first-order chi connectivity index (χ1) is 8.33. The number of halogens is 1. The Morgan fingerprint density at radius 2 is 1.88 bits per heavy atom. The molecule has 0 bridgehead atoms. The van der Waals surface area contributed by atoms with Gasteiger partial charge in [-0.2, -0.15) is 0 Å². The van der Waals surface area contributed by atoms with Crippen LogP contribution in [-0.2, 0) is 0 Å². The molecule has 3 rings (SSSR count). The van der Waals surface area contributed by atoms with Crippen molar-refractivity contribution in [2.24, 2.45) is 0 Å². The van der Waals surface area contributed by atoms with Crippen LogP contribution in [0, 0.1) is 0 Å². The highest BCUT2D eigenvalue weighted by Crippen LogP contribution is 2.26. The first-order valence-corrected chi connectivity index (χ1v) is 6.39. The molecular formula is C13H14ClN3. The molecule has 0 radical (unpaired) electrons. The SMILES string of the molecule is Clc1nc(NC2CCCC2)c2ccccc2n1. The second kappa shape index (κ2) is 4.49. The zero-order chi connectivity index (χ0) is 11.7. The normalized spacial score (nSPS) is 16.5. The Bertz CT molecular complexity index is 535. The van der Waals surface area contributed by atoms with E-state index in [0.717, 1.165) is 16.7 Å². The van der Waals surface area contributed by atoms with Crippen molar-refractivity contribution in [1.82, 2.24) is 9.97 Å². The van der Waals surface area contributed by atoms with Crippen LogP contribution < -0.4 is 5.32 Å². The number of para-hydroxylation sites is 1. The molecule has 3 nitrogen and oxygen atoms in total. The lowest BCUT2D eigenvalue weighted by molar-refractivity contribution is 0.751. The minimum atomic E-state index is 0.309. The van der Waals surface area contributed by atoms with Crippen molar-refractivity contribution in [2.45, 2.75) is 31.7 Å². The van der Waals surface area contributed by atoms with Gasteiger partial charge in [-0.3, -0.25) is 0 Å². The van der Waals surface area contributed by atoms with Crippen molar-refractivity contribution in [3.63, 3.8) is 0 Å². The first-order valence-electron chi connectivity index (χ1n) is 6.02. The van der Waals surface area contributed by atoms with Gasteiger partial charge in [0.1, 0.15) is 5.82 Å². The van der Waals surface area contributed by atoms with Gasteiger partial charge >= 0.3 is 0 Å². The summed E-state index contributed by atoms with van der Waals surface area (Å²) in [5.74, 6) is 0.868. The Morgan fingerprint density at radius 3 is 2.71 bits per heavy atom. The van der Waals surface area contributed by atoms with Crippen molar-refractivity contribution in [2.75, 3.05) is 5.32 Å².